The number of hydrogen-bond donors (Lipinski definition) is 4. The Bertz CT molecular complexity index is 889. The number of ether oxygens (including phenoxy) is 3. The van der Waals surface area contributed by atoms with E-state index in [1.807, 2.05) is 0 Å². The third kappa shape index (κ3) is 5.57. The lowest BCUT2D eigenvalue weighted by atomic mass is 9.77. The van der Waals surface area contributed by atoms with Crippen LogP contribution < -0.4 is 0 Å². The third-order valence-corrected chi connectivity index (χ3v) is 7.56. The average Bonchev–Trinajstić information content (AvgIpc) is 2.81. The van der Waals surface area contributed by atoms with Gasteiger partial charge in [0.2, 0.25) is 0 Å². The van der Waals surface area contributed by atoms with Gasteiger partial charge in [-0.2, -0.15) is 0 Å². The Balaban J connectivity index is 1.69. The zero-order valence-electron chi connectivity index (χ0n) is 20.7. The Morgan fingerprint density at radius 2 is 1.82 bits per heavy atom. The number of aliphatic hydroxyl groups is 2. The molecule has 0 radical (unpaired) electrons. The molecule has 2 aliphatic rings. The van der Waals surface area contributed by atoms with Crippen molar-refractivity contribution in [2.75, 3.05) is 6.61 Å². The number of carbonyl (C=O) groups is 1. The van der Waals surface area contributed by atoms with Crippen molar-refractivity contribution in [3.63, 3.8) is 0 Å². The van der Waals surface area contributed by atoms with E-state index in [-0.39, 0.29) is 29.2 Å². The van der Waals surface area contributed by atoms with Gasteiger partial charge < -0.3 is 34.6 Å². The van der Waals surface area contributed by atoms with Gasteiger partial charge in [-0.05, 0) is 64.5 Å². The van der Waals surface area contributed by atoms with Crippen LogP contribution in [0.2, 0.25) is 0 Å². The van der Waals surface area contributed by atoms with Crippen LogP contribution in [0.1, 0.15) is 69.3 Å². The predicted octanol–water partition coefficient (Wildman–Crippen LogP) is 3.58. The Morgan fingerprint density at radius 1 is 1.18 bits per heavy atom. The van der Waals surface area contributed by atoms with E-state index in [0.717, 1.165) is 25.7 Å². The lowest BCUT2D eigenvalue weighted by Gasteiger charge is -2.47. The first-order chi connectivity index (χ1) is 16.0. The maximum atomic E-state index is 12.5. The highest BCUT2D eigenvalue weighted by Gasteiger charge is 2.47. The van der Waals surface area contributed by atoms with Crippen molar-refractivity contribution >= 4 is 5.97 Å². The first-order valence-electron chi connectivity index (χ1n) is 12.0. The molecule has 0 bridgehead atoms. The normalized spacial score (nSPS) is 31.4. The Kier molecular flexibility index (Phi) is 8.29. The summed E-state index contributed by atoms with van der Waals surface area (Å²) in [5.41, 5.74) is 1.12. The number of allylic oxidation sites excluding steroid dienone is 2. The van der Waals surface area contributed by atoms with E-state index in [1.54, 1.807) is 6.92 Å². The molecule has 8 heteroatoms. The van der Waals surface area contributed by atoms with Gasteiger partial charge in [0, 0.05) is 11.5 Å². The van der Waals surface area contributed by atoms with E-state index in [2.05, 4.69) is 26.8 Å². The molecule has 0 saturated carbocycles. The highest BCUT2D eigenvalue weighted by molar-refractivity contribution is 5.90. The number of esters is 1. The number of rotatable bonds is 7. The van der Waals surface area contributed by atoms with E-state index >= 15 is 0 Å². The molecule has 1 heterocycles. The molecule has 2 unspecified atom stereocenters. The van der Waals surface area contributed by atoms with E-state index in [9.17, 15) is 25.2 Å². The van der Waals surface area contributed by atoms with Crippen molar-refractivity contribution in [2.45, 2.75) is 90.5 Å². The lowest BCUT2D eigenvalue weighted by Crippen LogP contribution is -2.58. The predicted molar refractivity (Wildman–Crippen MR) is 126 cm³/mol. The molecule has 1 aliphatic heterocycles. The summed E-state index contributed by atoms with van der Waals surface area (Å²) in [4.78, 5) is 12.5. The molecule has 1 saturated heterocycles. The van der Waals surface area contributed by atoms with Crippen LogP contribution in [0.5, 0.6) is 11.5 Å². The van der Waals surface area contributed by atoms with Crippen molar-refractivity contribution in [1.29, 1.82) is 0 Å². The van der Waals surface area contributed by atoms with Gasteiger partial charge in [0.25, 0.3) is 0 Å². The van der Waals surface area contributed by atoms with E-state index in [0.29, 0.717) is 5.92 Å². The molecule has 1 aromatic rings. The Morgan fingerprint density at radius 3 is 2.38 bits per heavy atom. The van der Waals surface area contributed by atoms with Crippen LogP contribution in [0.4, 0.5) is 0 Å². The molecule has 34 heavy (non-hydrogen) atoms. The van der Waals surface area contributed by atoms with Gasteiger partial charge in [-0.1, -0.05) is 25.5 Å². The van der Waals surface area contributed by atoms with Crippen LogP contribution >= 0.6 is 0 Å². The quantitative estimate of drug-likeness (QED) is 0.346. The number of hydrogen-bond acceptors (Lipinski definition) is 8. The summed E-state index contributed by atoms with van der Waals surface area (Å²) in [5.74, 6) is -1.44. The van der Waals surface area contributed by atoms with Crippen LogP contribution in [0.25, 0.3) is 0 Å². The molecule has 1 aliphatic carbocycles. The second-order valence-corrected chi connectivity index (χ2v) is 9.93. The van der Waals surface area contributed by atoms with Crippen molar-refractivity contribution in [1.82, 2.24) is 0 Å². The summed E-state index contributed by atoms with van der Waals surface area (Å²) in [5, 5.41) is 40.9. The van der Waals surface area contributed by atoms with Crippen molar-refractivity contribution < 1.29 is 39.4 Å². The fourth-order valence-corrected chi connectivity index (χ4v) is 4.64. The summed E-state index contributed by atoms with van der Waals surface area (Å²) >= 11 is 0. The molecular formula is C26H38O8. The molecule has 1 fully saturated rings. The van der Waals surface area contributed by atoms with Crippen LogP contribution in [-0.4, -0.2) is 63.2 Å². The summed E-state index contributed by atoms with van der Waals surface area (Å²) in [6.45, 7) is 9.21. The summed E-state index contributed by atoms with van der Waals surface area (Å²) < 4.78 is 17.8. The number of carbonyl (C=O) groups excluding carboxylic acids is 1. The molecule has 4 N–H and O–H groups in total. The SMILES string of the molecule is CC[C@@](C)(O[C@@H]1O[C@H](COC(=O)c2cc(O)c(C)c(O)c2)[C@@H](O)C(O)[C@H]1C)C1CC=C(C)CC1. The minimum absolute atomic E-state index is 0.0354. The fourth-order valence-electron chi connectivity index (χ4n) is 4.64. The number of phenolic OH excluding ortho intramolecular Hbond substituents is 2. The minimum atomic E-state index is -1.27. The highest BCUT2D eigenvalue weighted by atomic mass is 16.7. The zero-order chi connectivity index (χ0) is 25.2. The second-order valence-electron chi connectivity index (χ2n) is 9.93. The van der Waals surface area contributed by atoms with Crippen LogP contribution in [0.15, 0.2) is 23.8 Å². The Labute approximate surface area is 201 Å². The van der Waals surface area contributed by atoms with Gasteiger partial charge in [-0.3, -0.25) is 0 Å². The maximum Gasteiger partial charge on any atom is 0.338 e. The standard InChI is InChI=1S/C26H38O8/c1-6-26(5,18-9-7-14(2)8-10-18)34-25-16(4)22(29)23(30)21(33-25)13-32-24(31)17-11-19(27)15(3)20(28)12-17/h7,11-12,16,18,21-23,25,27-30H,6,8-10,13H2,1-5H3/t16-,18?,21-,22?,23-,25+,26-/m1/s1. The Hall–Kier alpha value is -2.13. The first kappa shape index (κ1) is 26.5. The van der Waals surface area contributed by atoms with Crippen LogP contribution in [-0.2, 0) is 14.2 Å². The summed E-state index contributed by atoms with van der Waals surface area (Å²) in [7, 11) is 0. The van der Waals surface area contributed by atoms with Crippen molar-refractivity contribution in [2.24, 2.45) is 11.8 Å². The number of aliphatic hydroxyl groups excluding tert-OH is 2. The number of aromatic hydroxyl groups is 2. The molecule has 3 rings (SSSR count). The second kappa shape index (κ2) is 10.6. The lowest BCUT2D eigenvalue weighted by molar-refractivity contribution is -0.316. The molecule has 0 spiro atoms. The zero-order valence-corrected chi connectivity index (χ0v) is 20.7. The van der Waals surface area contributed by atoms with E-state index in [1.165, 1.54) is 24.6 Å². The van der Waals surface area contributed by atoms with Crippen molar-refractivity contribution in [3.8, 4) is 11.5 Å². The van der Waals surface area contributed by atoms with Gasteiger partial charge in [-0.15, -0.1) is 0 Å². The minimum Gasteiger partial charge on any atom is -0.508 e. The van der Waals surface area contributed by atoms with Crippen LogP contribution in [0, 0.1) is 18.8 Å². The highest BCUT2D eigenvalue weighted by Crippen LogP contribution is 2.40. The van der Waals surface area contributed by atoms with Gasteiger partial charge >= 0.3 is 5.97 Å². The topological polar surface area (TPSA) is 126 Å². The summed E-state index contributed by atoms with van der Waals surface area (Å²) in [6.07, 6.45) is 1.78. The first-order valence-corrected chi connectivity index (χ1v) is 12.0. The fraction of sp³-hybridized carbons (Fsp3) is 0.654. The number of phenols is 2. The molecule has 0 aromatic heterocycles. The van der Waals surface area contributed by atoms with E-state index < -0.39 is 42.1 Å². The molecule has 0 amide bonds. The van der Waals surface area contributed by atoms with Crippen molar-refractivity contribution in [3.05, 3.63) is 34.9 Å². The average molecular weight is 479 g/mol. The van der Waals surface area contributed by atoms with E-state index in [4.69, 9.17) is 14.2 Å². The van der Waals surface area contributed by atoms with Gasteiger partial charge in [0.15, 0.2) is 6.29 Å². The molecule has 190 valence electrons. The van der Waals surface area contributed by atoms with Crippen LogP contribution in [0.3, 0.4) is 0 Å². The number of benzene rings is 1. The molecule has 7 atom stereocenters. The smallest absolute Gasteiger partial charge is 0.338 e. The monoisotopic (exact) mass is 478 g/mol. The molecule has 8 nitrogen and oxygen atoms in total. The largest absolute Gasteiger partial charge is 0.508 e. The maximum absolute atomic E-state index is 12.5. The molecular weight excluding hydrogens is 440 g/mol. The third-order valence-electron chi connectivity index (χ3n) is 7.56. The van der Waals surface area contributed by atoms with Gasteiger partial charge in [0.05, 0.1) is 17.3 Å². The van der Waals surface area contributed by atoms with Gasteiger partial charge in [-0.25, -0.2) is 4.79 Å². The molecule has 1 aromatic carbocycles. The van der Waals surface area contributed by atoms with Gasteiger partial charge in [0.1, 0.15) is 30.3 Å². The summed E-state index contributed by atoms with van der Waals surface area (Å²) in [6, 6.07) is 2.40.